The number of esters is 1. The standard InChI is InChI=1S/C79H151N2O7P/c1-7-10-13-16-19-22-25-27-29-31-33-35-37-39-40-42-43-45-47-49-51-53-56-59-62-65-68-71-78(82)80-76(75-87-89(84,85)86-74-73-81(4,5)6)77(70-67-64-61-58-55-24-21-18-15-12-9-3)88-79(83)72-69-66-63-60-57-54-52-50-48-46-44-41-38-36-34-32-30-28-26-23-20-17-14-11-8-2/h19,22,27,29,33,35,67,70,76-77H,7-18,20-21,23-26,28,30-32,34,36-66,68-69,71-75H2,1-6H3,(H-,80,82,84,85)/p+1/b22-19-,29-27-,35-33-,70-67+. The molecule has 0 aliphatic carbocycles. The summed E-state index contributed by atoms with van der Waals surface area (Å²) < 4.78 is 30.9. The van der Waals surface area contributed by atoms with Crippen molar-refractivity contribution in [3.63, 3.8) is 0 Å². The molecule has 524 valence electrons. The summed E-state index contributed by atoms with van der Waals surface area (Å²) in [5.41, 5.74) is 0. The van der Waals surface area contributed by atoms with E-state index in [2.05, 4.69) is 62.5 Å². The van der Waals surface area contributed by atoms with E-state index in [1.54, 1.807) is 0 Å². The predicted molar refractivity (Wildman–Crippen MR) is 388 cm³/mol. The van der Waals surface area contributed by atoms with Crippen molar-refractivity contribution in [2.45, 2.75) is 405 Å². The molecule has 10 heteroatoms. The van der Waals surface area contributed by atoms with Gasteiger partial charge in [-0.1, -0.05) is 359 Å². The second-order valence-corrected chi connectivity index (χ2v) is 29.3. The average Bonchev–Trinajstić information content (AvgIpc) is 3.70. The van der Waals surface area contributed by atoms with E-state index in [0.29, 0.717) is 23.9 Å². The van der Waals surface area contributed by atoms with Crippen LogP contribution in [0.4, 0.5) is 0 Å². The molecule has 0 aliphatic rings. The summed E-state index contributed by atoms with van der Waals surface area (Å²) in [6.45, 7) is 7.05. The van der Waals surface area contributed by atoms with E-state index in [4.69, 9.17) is 13.8 Å². The molecule has 9 nitrogen and oxygen atoms in total. The number of likely N-dealkylation sites (N-methyl/N-ethyl adjacent to an activating group) is 1. The van der Waals surface area contributed by atoms with E-state index >= 15 is 0 Å². The topological polar surface area (TPSA) is 111 Å². The molecule has 0 bridgehead atoms. The highest BCUT2D eigenvalue weighted by Crippen LogP contribution is 2.43. The SMILES string of the molecule is CCCCC/C=C\C/C=C\C/C=C\CCCCCCCCCCCCCCCCC(=O)NC(COP(=O)(O)OCC[N+](C)(C)C)C(/C=C/CCCCCCCCCCC)OC(=O)CCCCCCCCCCCCCCCCCCCCCCCCCCC. The largest absolute Gasteiger partial charge is 0.472 e. The third-order valence-electron chi connectivity index (χ3n) is 17.8. The van der Waals surface area contributed by atoms with Crippen molar-refractivity contribution in [1.29, 1.82) is 0 Å². The Morgan fingerprint density at radius 2 is 0.685 bits per heavy atom. The molecule has 0 fully saturated rings. The van der Waals surface area contributed by atoms with Gasteiger partial charge in [0.1, 0.15) is 19.3 Å². The molecule has 3 atom stereocenters. The maximum absolute atomic E-state index is 13.6. The maximum atomic E-state index is 13.6. The van der Waals surface area contributed by atoms with Gasteiger partial charge in [0, 0.05) is 12.8 Å². The summed E-state index contributed by atoms with van der Waals surface area (Å²) in [6.07, 6.45) is 88.6. The van der Waals surface area contributed by atoms with Gasteiger partial charge in [-0.15, -0.1) is 0 Å². The van der Waals surface area contributed by atoms with Crippen LogP contribution in [0, 0.1) is 0 Å². The molecule has 2 N–H and O–H groups in total. The molecular formula is C79H152N2O7P+. The number of phosphoric ester groups is 1. The minimum atomic E-state index is -4.45. The maximum Gasteiger partial charge on any atom is 0.472 e. The van der Waals surface area contributed by atoms with Gasteiger partial charge in [-0.2, -0.15) is 0 Å². The molecule has 0 aromatic carbocycles. The first kappa shape index (κ1) is 87.0. The first-order valence-electron chi connectivity index (χ1n) is 39.0. The monoisotopic (exact) mass is 1270 g/mol. The molecule has 0 heterocycles. The van der Waals surface area contributed by atoms with Gasteiger partial charge in [0.15, 0.2) is 0 Å². The molecule has 0 saturated heterocycles. The minimum Gasteiger partial charge on any atom is -0.456 e. The Morgan fingerprint density at radius 1 is 0.393 bits per heavy atom. The average molecular weight is 1270 g/mol. The highest BCUT2D eigenvalue weighted by atomic mass is 31.2. The fraction of sp³-hybridized carbons (Fsp3) is 0.873. The summed E-state index contributed by atoms with van der Waals surface area (Å²) in [6, 6.07) is -0.847. The number of nitrogens with one attached hydrogen (secondary N) is 1. The number of carbonyl (C=O) groups excluding carboxylic acids is 2. The lowest BCUT2D eigenvalue weighted by Gasteiger charge is -2.27. The van der Waals surface area contributed by atoms with Crippen LogP contribution >= 0.6 is 7.82 Å². The van der Waals surface area contributed by atoms with E-state index in [1.807, 2.05) is 33.3 Å². The van der Waals surface area contributed by atoms with Gasteiger partial charge in [0.2, 0.25) is 5.91 Å². The van der Waals surface area contributed by atoms with E-state index in [1.165, 1.54) is 289 Å². The number of phosphoric acid groups is 1. The van der Waals surface area contributed by atoms with Crippen molar-refractivity contribution in [3.8, 4) is 0 Å². The normalized spacial score (nSPS) is 13.7. The fourth-order valence-electron chi connectivity index (χ4n) is 11.8. The summed E-state index contributed by atoms with van der Waals surface area (Å²) in [4.78, 5) is 38.0. The van der Waals surface area contributed by atoms with Gasteiger partial charge in [0.05, 0.1) is 33.8 Å². The summed E-state index contributed by atoms with van der Waals surface area (Å²) in [5.74, 6) is -0.485. The number of hydrogen-bond acceptors (Lipinski definition) is 6. The number of ether oxygens (including phenoxy) is 1. The predicted octanol–water partition coefficient (Wildman–Crippen LogP) is 25.1. The summed E-state index contributed by atoms with van der Waals surface area (Å²) in [5, 5.41) is 3.08. The summed E-state index contributed by atoms with van der Waals surface area (Å²) in [7, 11) is 1.51. The van der Waals surface area contributed by atoms with E-state index in [-0.39, 0.29) is 25.1 Å². The number of hydrogen-bond donors (Lipinski definition) is 2. The number of allylic oxidation sites excluding steroid dienone is 7. The molecule has 1 amide bonds. The second-order valence-electron chi connectivity index (χ2n) is 27.9. The van der Waals surface area contributed by atoms with Crippen LogP contribution in [0.25, 0.3) is 0 Å². The Hall–Kier alpha value is -2.03. The highest BCUT2D eigenvalue weighted by molar-refractivity contribution is 7.47. The van der Waals surface area contributed by atoms with Crippen LogP contribution in [-0.2, 0) is 27.9 Å². The lowest BCUT2D eigenvalue weighted by molar-refractivity contribution is -0.870. The Kier molecular flexibility index (Phi) is 67.2. The molecule has 0 aromatic rings. The molecule has 0 saturated carbocycles. The van der Waals surface area contributed by atoms with Crippen molar-refractivity contribution in [3.05, 3.63) is 48.6 Å². The number of nitrogens with zero attached hydrogens (tertiary/aromatic N) is 1. The minimum absolute atomic E-state index is 0.0425. The number of amides is 1. The van der Waals surface area contributed by atoms with Crippen molar-refractivity contribution in [1.82, 2.24) is 5.32 Å². The number of unbranched alkanes of at least 4 members (excludes halogenated alkanes) is 50. The molecule has 0 aromatic heterocycles. The Labute approximate surface area is 554 Å². The van der Waals surface area contributed by atoms with Crippen LogP contribution in [0.3, 0.4) is 0 Å². The van der Waals surface area contributed by atoms with Crippen molar-refractivity contribution < 1.29 is 37.3 Å². The van der Waals surface area contributed by atoms with Crippen molar-refractivity contribution in [2.75, 3.05) is 40.9 Å². The van der Waals surface area contributed by atoms with Crippen LogP contribution in [0.5, 0.6) is 0 Å². The first-order chi connectivity index (χ1) is 43.4. The highest BCUT2D eigenvalue weighted by Gasteiger charge is 2.30. The Bertz CT molecular complexity index is 1660. The number of carbonyl (C=O) groups is 2. The quantitative estimate of drug-likeness (QED) is 0.0205. The molecule has 0 aliphatic heterocycles. The molecular weight excluding hydrogens is 1120 g/mol. The van der Waals surface area contributed by atoms with Gasteiger partial charge < -0.3 is 19.4 Å². The number of rotatable bonds is 72. The zero-order valence-corrected chi connectivity index (χ0v) is 61.1. The Balaban J connectivity index is 4.88. The van der Waals surface area contributed by atoms with E-state index in [9.17, 15) is 19.0 Å². The molecule has 3 unspecified atom stereocenters. The van der Waals surface area contributed by atoms with Crippen LogP contribution in [0.1, 0.15) is 393 Å². The number of quaternary nitrogens is 1. The van der Waals surface area contributed by atoms with Crippen LogP contribution in [0.2, 0.25) is 0 Å². The van der Waals surface area contributed by atoms with Crippen molar-refractivity contribution in [2.24, 2.45) is 0 Å². The van der Waals surface area contributed by atoms with E-state index < -0.39 is 20.0 Å². The lowest BCUT2D eigenvalue weighted by atomic mass is 10.0. The van der Waals surface area contributed by atoms with Crippen LogP contribution in [-0.4, -0.2) is 74.3 Å². The van der Waals surface area contributed by atoms with Crippen molar-refractivity contribution >= 4 is 19.7 Å². The lowest BCUT2D eigenvalue weighted by Crippen LogP contribution is -2.47. The zero-order chi connectivity index (χ0) is 64.9. The second kappa shape index (κ2) is 68.8. The molecule has 0 radical (unpaired) electrons. The van der Waals surface area contributed by atoms with Gasteiger partial charge in [-0.25, -0.2) is 4.57 Å². The van der Waals surface area contributed by atoms with E-state index in [0.717, 1.165) is 70.6 Å². The van der Waals surface area contributed by atoms with Gasteiger partial charge >= 0.3 is 13.8 Å². The fourth-order valence-corrected chi connectivity index (χ4v) is 12.5. The van der Waals surface area contributed by atoms with Crippen LogP contribution < -0.4 is 5.32 Å². The third kappa shape index (κ3) is 70.1. The molecule has 0 rings (SSSR count). The molecule has 89 heavy (non-hydrogen) atoms. The van der Waals surface area contributed by atoms with Gasteiger partial charge in [0.25, 0.3) is 0 Å². The smallest absolute Gasteiger partial charge is 0.456 e. The van der Waals surface area contributed by atoms with Gasteiger partial charge in [-0.3, -0.25) is 18.6 Å². The third-order valence-corrected chi connectivity index (χ3v) is 18.8. The first-order valence-corrected chi connectivity index (χ1v) is 40.5. The summed E-state index contributed by atoms with van der Waals surface area (Å²) >= 11 is 0. The van der Waals surface area contributed by atoms with Gasteiger partial charge in [-0.05, 0) is 70.3 Å². The zero-order valence-electron chi connectivity index (χ0n) is 60.2. The van der Waals surface area contributed by atoms with Crippen LogP contribution in [0.15, 0.2) is 48.6 Å². The molecule has 0 spiro atoms. The Morgan fingerprint density at radius 3 is 1.04 bits per heavy atom.